The van der Waals surface area contributed by atoms with E-state index in [9.17, 15) is 0 Å². The minimum atomic E-state index is -0.869. The summed E-state index contributed by atoms with van der Waals surface area (Å²) in [5.74, 6) is 0.896. The molecule has 0 amide bonds. The summed E-state index contributed by atoms with van der Waals surface area (Å²) in [6, 6.07) is 11.0. The van der Waals surface area contributed by atoms with Crippen molar-refractivity contribution < 1.29 is 0 Å². The van der Waals surface area contributed by atoms with E-state index in [2.05, 4.69) is 50.0 Å². The standard InChI is InChI=1S/C12H18Si/c1-13(2,3)12-9-11(12)10-7-5-4-6-8-10/h4-8,11-12H,9H2,1-3H3. The molecule has 1 aromatic rings. The second kappa shape index (κ2) is 2.98. The van der Waals surface area contributed by atoms with Crippen LogP contribution >= 0.6 is 0 Å². The van der Waals surface area contributed by atoms with E-state index in [0.29, 0.717) is 0 Å². The Bertz CT molecular complexity index is 284. The third kappa shape index (κ3) is 1.85. The molecule has 1 aliphatic rings. The molecule has 0 aromatic heterocycles. The topological polar surface area (TPSA) is 0 Å². The Morgan fingerprint density at radius 2 is 1.69 bits per heavy atom. The van der Waals surface area contributed by atoms with Gasteiger partial charge in [0.25, 0.3) is 0 Å². The van der Waals surface area contributed by atoms with Gasteiger partial charge in [-0.3, -0.25) is 0 Å². The first-order chi connectivity index (χ1) is 6.09. The summed E-state index contributed by atoms with van der Waals surface area (Å²) in [5.41, 5.74) is 2.60. The van der Waals surface area contributed by atoms with Crippen molar-refractivity contribution >= 4 is 8.07 Å². The van der Waals surface area contributed by atoms with Gasteiger partial charge in [0.1, 0.15) is 0 Å². The average molecular weight is 190 g/mol. The summed E-state index contributed by atoms with van der Waals surface area (Å²) in [5, 5.41) is 0. The van der Waals surface area contributed by atoms with E-state index in [1.54, 1.807) is 5.56 Å². The highest BCUT2D eigenvalue weighted by molar-refractivity contribution is 6.78. The predicted octanol–water partition coefficient (Wildman–Crippen LogP) is 3.88. The smallest absolute Gasteiger partial charge is 0.0480 e. The van der Waals surface area contributed by atoms with E-state index in [4.69, 9.17) is 0 Å². The molecule has 0 N–H and O–H groups in total. The Morgan fingerprint density at radius 3 is 2.15 bits per heavy atom. The van der Waals surface area contributed by atoms with Gasteiger partial charge in [0.2, 0.25) is 0 Å². The maximum absolute atomic E-state index is 2.49. The first kappa shape index (κ1) is 9.01. The molecule has 0 nitrogen and oxygen atoms in total. The lowest BCUT2D eigenvalue weighted by atomic mass is 10.1. The van der Waals surface area contributed by atoms with Crippen LogP contribution < -0.4 is 0 Å². The van der Waals surface area contributed by atoms with Crippen LogP contribution in [0.5, 0.6) is 0 Å². The molecule has 70 valence electrons. The third-order valence-electron chi connectivity index (χ3n) is 3.13. The van der Waals surface area contributed by atoms with Crippen molar-refractivity contribution in [2.24, 2.45) is 0 Å². The van der Waals surface area contributed by atoms with Gasteiger partial charge in [-0.05, 0) is 23.4 Å². The molecule has 1 aromatic carbocycles. The molecule has 0 spiro atoms. The maximum Gasteiger partial charge on any atom is 0.0480 e. The molecule has 0 bridgehead atoms. The SMILES string of the molecule is C[Si](C)(C)C1CC1c1ccccc1. The van der Waals surface area contributed by atoms with Crippen LogP contribution in [0.4, 0.5) is 0 Å². The van der Waals surface area contributed by atoms with Crippen LogP contribution in [0.1, 0.15) is 17.9 Å². The first-order valence-corrected chi connectivity index (χ1v) is 8.72. The molecule has 0 saturated heterocycles. The molecule has 0 heterocycles. The quantitative estimate of drug-likeness (QED) is 0.621. The van der Waals surface area contributed by atoms with Crippen LogP contribution in [0.2, 0.25) is 25.2 Å². The normalized spacial score (nSPS) is 27.3. The lowest BCUT2D eigenvalue weighted by Crippen LogP contribution is -2.20. The highest BCUT2D eigenvalue weighted by Gasteiger charge is 2.46. The molecule has 2 atom stereocenters. The van der Waals surface area contributed by atoms with Gasteiger partial charge in [-0.25, -0.2) is 0 Å². The van der Waals surface area contributed by atoms with Gasteiger partial charge in [-0.1, -0.05) is 50.0 Å². The van der Waals surface area contributed by atoms with Gasteiger partial charge in [0.05, 0.1) is 0 Å². The zero-order chi connectivity index (χ0) is 9.47. The predicted molar refractivity (Wildman–Crippen MR) is 60.9 cm³/mol. The van der Waals surface area contributed by atoms with Gasteiger partial charge >= 0.3 is 0 Å². The fourth-order valence-electron chi connectivity index (χ4n) is 2.22. The van der Waals surface area contributed by atoms with Gasteiger partial charge in [-0.2, -0.15) is 0 Å². The van der Waals surface area contributed by atoms with E-state index in [1.165, 1.54) is 6.42 Å². The maximum atomic E-state index is 2.49. The number of rotatable bonds is 2. The molecule has 2 rings (SSSR count). The van der Waals surface area contributed by atoms with E-state index in [0.717, 1.165) is 11.5 Å². The second-order valence-corrected chi connectivity index (χ2v) is 10.7. The highest BCUT2D eigenvalue weighted by Crippen LogP contribution is 2.58. The highest BCUT2D eigenvalue weighted by atomic mass is 28.3. The fourth-order valence-corrected chi connectivity index (χ4v) is 4.58. The number of hydrogen-bond donors (Lipinski definition) is 0. The van der Waals surface area contributed by atoms with E-state index < -0.39 is 8.07 Å². The lowest BCUT2D eigenvalue weighted by molar-refractivity contribution is 1.11. The molecule has 1 fully saturated rings. The molecular weight excluding hydrogens is 172 g/mol. The molecular formula is C12H18Si. The summed E-state index contributed by atoms with van der Waals surface area (Å²) in [6.45, 7) is 7.46. The van der Waals surface area contributed by atoms with E-state index in [-0.39, 0.29) is 0 Å². The molecule has 2 unspecified atom stereocenters. The van der Waals surface area contributed by atoms with Crippen molar-refractivity contribution in [3.05, 3.63) is 35.9 Å². The van der Waals surface area contributed by atoms with Crippen molar-refractivity contribution in [1.29, 1.82) is 0 Å². The van der Waals surface area contributed by atoms with Crippen molar-refractivity contribution in [2.75, 3.05) is 0 Å². The summed E-state index contributed by atoms with van der Waals surface area (Å²) in [7, 11) is -0.869. The summed E-state index contributed by atoms with van der Waals surface area (Å²) < 4.78 is 0. The fraction of sp³-hybridized carbons (Fsp3) is 0.500. The number of hydrogen-bond acceptors (Lipinski definition) is 0. The molecule has 0 radical (unpaired) electrons. The zero-order valence-electron chi connectivity index (χ0n) is 8.75. The third-order valence-corrected chi connectivity index (χ3v) is 5.99. The van der Waals surface area contributed by atoms with Gasteiger partial charge in [0, 0.05) is 8.07 Å². The van der Waals surface area contributed by atoms with Crippen LogP contribution in [0, 0.1) is 0 Å². The Balaban J connectivity index is 2.09. The van der Waals surface area contributed by atoms with Crippen LogP contribution in [0.15, 0.2) is 30.3 Å². The van der Waals surface area contributed by atoms with E-state index >= 15 is 0 Å². The molecule has 1 saturated carbocycles. The molecule has 1 aliphatic carbocycles. The Kier molecular flexibility index (Phi) is 2.07. The van der Waals surface area contributed by atoms with Crippen LogP contribution in [-0.4, -0.2) is 8.07 Å². The monoisotopic (exact) mass is 190 g/mol. The van der Waals surface area contributed by atoms with Crippen molar-refractivity contribution in [1.82, 2.24) is 0 Å². The Labute approximate surface area is 82.0 Å². The van der Waals surface area contributed by atoms with Gasteiger partial charge in [-0.15, -0.1) is 0 Å². The largest absolute Gasteiger partial charge is 0.0693 e. The van der Waals surface area contributed by atoms with Crippen LogP contribution in [-0.2, 0) is 0 Å². The summed E-state index contributed by atoms with van der Waals surface area (Å²) in [6.07, 6.45) is 1.44. The van der Waals surface area contributed by atoms with Crippen LogP contribution in [0.25, 0.3) is 0 Å². The van der Waals surface area contributed by atoms with Crippen molar-refractivity contribution in [3.8, 4) is 0 Å². The van der Waals surface area contributed by atoms with Gasteiger partial charge < -0.3 is 0 Å². The summed E-state index contributed by atoms with van der Waals surface area (Å²) >= 11 is 0. The zero-order valence-corrected chi connectivity index (χ0v) is 9.75. The van der Waals surface area contributed by atoms with Crippen LogP contribution in [0.3, 0.4) is 0 Å². The second-order valence-electron chi connectivity index (χ2n) is 5.23. The molecule has 1 heteroatoms. The average Bonchev–Trinajstić information content (AvgIpc) is 2.83. The molecule has 0 aliphatic heterocycles. The Hall–Kier alpha value is -0.563. The number of benzene rings is 1. The minimum Gasteiger partial charge on any atom is -0.0693 e. The minimum absolute atomic E-state index is 0.869. The molecule has 13 heavy (non-hydrogen) atoms. The van der Waals surface area contributed by atoms with Crippen molar-refractivity contribution in [3.63, 3.8) is 0 Å². The summed E-state index contributed by atoms with van der Waals surface area (Å²) in [4.78, 5) is 0. The lowest BCUT2D eigenvalue weighted by Gasteiger charge is -2.15. The van der Waals surface area contributed by atoms with E-state index in [1.807, 2.05) is 0 Å². The Morgan fingerprint density at radius 1 is 1.08 bits per heavy atom. The van der Waals surface area contributed by atoms with Crippen molar-refractivity contribution in [2.45, 2.75) is 37.5 Å². The van der Waals surface area contributed by atoms with Gasteiger partial charge in [0.15, 0.2) is 0 Å². The first-order valence-electron chi connectivity index (χ1n) is 5.14.